The molecule has 0 heterocycles. The zero-order valence-corrected chi connectivity index (χ0v) is 12.2. The van der Waals surface area contributed by atoms with Gasteiger partial charge in [-0.05, 0) is 31.2 Å². The summed E-state index contributed by atoms with van der Waals surface area (Å²) in [5.74, 6) is 0.576. The van der Waals surface area contributed by atoms with E-state index in [1.165, 1.54) is 6.07 Å². The van der Waals surface area contributed by atoms with Crippen LogP contribution in [0, 0.1) is 10.1 Å². The number of ether oxygens (including phenoxy) is 1. The summed E-state index contributed by atoms with van der Waals surface area (Å²) in [6.07, 6.45) is 0. The van der Waals surface area contributed by atoms with Gasteiger partial charge in [-0.25, -0.2) is 0 Å². The smallest absolute Gasteiger partial charge is 0.276 e. The second-order valence-electron chi connectivity index (χ2n) is 4.65. The van der Waals surface area contributed by atoms with E-state index in [-0.39, 0.29) is 18.3 Å². The van der Waals surface area contributed by atoms with Crippen LogP contribution in [0.1, 0.15) is 24.1 Å². The number of halogens is 1. The first-order chi connectivity index (χ1) is 9.99. The van der Waals surface area contributed by atoms with Crippen molar-refractivity contribution >= 4 is 17.3 Å². The lowest BCUT2D eigenvalue weighted by Crippen LogP contribution is -2.08. The summed E-state index contributed by atoms with van der Waals surface area (Å²) in [7, 11) is 0. The second-order valence-corrected chi connectivity index (χ2v) is 5.08. The molecule has 0 bridgehead atoms. The molecule has 0 saturated heterocycles. The van der Waals surface area contributed by atoms with Gasteiger partial charge in [-0.1, -0.05) is 23.7 Å². The number of benzene rings is 2. The van der Waals surface area contributed by atoms with E-state index in [4.69, 9.17) is 22.1 Å². The average Bonchev–Trinajstić information content (AvgIpc) is 2.46. The Hall–Kier alpha value is -2.11. The lowest BCUT2D eigenvalue weighted by Gasteiger charge is -2.14. The van der Waals surface area contributed by atoms with E-state index in [1.54, 1.807) is 36.4 Å². The Labute approximate surface area is 127 Å². The van der Waals surface area contributed by atoms with Crippen LogP contribution in [0.15, 0.2) is 42.5 Å². The molecule has 21 heavy (non-hydrogen) atoms. The lowest BCUT2D eigenvalue weighted by molar-refractivity contribution is -0.385. The second kappa shape index (κ2) is 6.56. The van der Waals surface area contributed by atoms with Gasteiger partial charge in [-0.3, -0.25) is 10.1 Å². The molecule has 0 aromatic heterocycles. The summed E-state index contributed by atoms with van der Waals surface area (Å²) in [6.45, 7) is 1.92. The van der Waals surface area contributed by atoms with Crippen molar-refractivity contribution in [1.29, 1.82) is 0 Å². The van der Waals surface area contributed by atoms with E-state index in [2.05, 4.69) is 0 Å². The number of hydrogen-bond acceptors (Lipinski definition) is 4. The van der Waals surface area contributed by atoms with Crippen molar-refractivity contribution in [3.8, 4) is 5.75 Å². The van der Waals surface area contributed by atoms with Crippen molar-refractivity contribution in [2.75, 3.05) is 0 Å². The van der Waals surface area contributed by atoms with Gasteiger partial charge in [-0.15, -0.1) is 0 Å². The van der Waals surface area contributed by atoms with Crippen LogP contribution in [-0.2, 0) is 6.61 Å². The third-order valence-electron chi connectivity index (χ3n) is 3.03. The molecule has 0 fully saturated rings. The molecule has 2 rings (SSSR count). The summed E-state index contributed by atoms with van der Waals surface area (Å²) in [4.78, 5) is 10.5. The SMILES string of the molecule is C[C@H](N)c1cc(Cl)ccc1OCc1ccccc1[N+](=O)[O-]. The minimum absolute atomic E-state index is 0.0359. The van der Waals surface area contributed by atoms with Crippen LogP contribution in [-0.4, -0.2) is 4.92 Å². The normalized spacial score (nSPS) is 12.0. The molecule has 0 saturated carbocycles. The first-order valence-electron chi connectivity index (χ1n) is 6.39. The molecule has 2 aromatic rings. The lowest BCUT2D eigenvalue weighted by atomic mass is 10.1. The van der Waals surface area contributed by atoms with Crippen LogP contribution in [0.5, 0.6) is 5.75 Å². The molecule has 0 aliphatic rings. The van der Waals surface area contributed by atoms with E-state index in [0.29, 0.717) is 16.3 Å². The predicted molar refractivity (Wildman–Crippen MR) is 81.5 cm³/mol. The van der Waals surface area contributed by atoms with E-state index >= 15 is 0 Å². The first-order valence-corrected chi connectivity index (χ1v) is 6.77. The van der Waals surface area contributed by atoms with E-state index in [9.17, 15) is 10.1 Å². The molecule has 6 heteroatoms. The molecule has 0 radical (unpaired) electrons. The zero-order chi connectivity index (χ0) is 15.4. The van der Waals surface area contributed by atoms with Crippen molar-refractivity contribution in [1.82, 2.24) is 0 Å². The maximum Gasteiger partial charge on any atom is 0.276 e. The van der Waals surface area contributed by atoms with Crippen molar-refractivity contribution in [3.05, 3.63) is 68.7 Å². The van der Waals surface area contributed by atoms with Crippen LogP contribution in [0.25, 0.3) is 0 Å². The van der Waals surface area contributed by atoms with Gasteiger partial charge in [0.15, 0.2) is 0 Å². The molecule has 0 amide bonds. The largest absolute Gasteiger partial charge is 0.488 e. The maximum absolute atomic E-state index is 11.0. The summed E-state index contributed by atoms with van der Waals surface area (Å²) >= 11 is 5.94. The summed E-state index contributed by atoms with van der Waals surface area (Å²) in [5.41, 5.74) is 7.19. The summed E-state index contributed by atoms with van der Waals surface area (Å²) < 4.78 is 5.69. The summed E-state index contributed by atoms with van der Waals surface area (Å²) in [6, 6.07) is 11.4. The number of hydrogen-bond donors (Lipinski definition) is 1. The van der Waals surface area contributed by atoms with Crippen LogP contribution in [0.4, 0.5) is 5.69 Å². The fourth-order valence-electron chi connectivity index (χ4n) is 1.97. The number of nitrogens with two attached hydrogens (primary N) is 1. The molecular formula is C15H15ClN2O3. The van der Waals surface area contributed by atoms with Gasteiger partial charge in [0.25, 0.3) is 5.69 Å². The number of nitrogens with zero attached hydrogens (tertiary/aromatic N) is 1. The van der Waals surface area contributed by atoms with E-state index in [0.717, 1.165) is 5.56 Å². The van der Waals surface area contributed by atoms with Gasteiger partial charge in [0.05, 0.1) is 10.5 Å². The van der Waals surface area contributed by atoms with Gasteiger partial charge in [0.1, 0.15) is 12.4 Å². The number of para-hydroxylation sites is 1. The van der Waals surface area contributed by atoms with Gasteiger partial charge in [0, 0.05) is 22.7 Å². The number of nitro benzene ring substituents is 1. The van der Waals surface area contributed by atoms with Crippen molar-refractivity contribution in [2.24, 2.45) is 5.73 Å². The predicted octanol–water partition coefficient (Wildman–Crippen LogP) is 3.85. The molecule has 2 aromatic carbocycles. The highest BCUT2D eigenvalue weighted by molar-refractivity contribution is 6.30. The van der Waals surface area contributed by atoms with Gasteiger partial charge >= 0.3 is 0 Å². The Balaban J connectivity index is 2.23. The molecule has 2 N–H and O–H groups in total. The van der Waals surface area contributed by atoms with Crippen molar-refractivity contribution in [2.45, 2.75) is 19.6 Å². The highest BCUT2D eigenvalue weighted by Gasteiger charge is 2.14. The molecule has 0 aliphatic carbocycles. The number of nitro groups is 1. The zero-order valence-electron chi connectivity index (χ0n) is 11.5. The van der Waals surface area contributed by atoms with Crippen molar-refractivity contribution < 1.29 is 9.66 Å². The minimum Gasteiger partial charge on any atom is -0.488 e. The molecule has 0 unspecified atom stereocenters. The highest BCUT2D eigenvalue weighted by Crippen LogP contribution is 2.29. The van der Waals surface area contributed by atoms with Crippen molar-refractivity contribution in [3.63, 3.8) is 0 Å². The third kappa shape index (κ3) is 3.71. The molecule has 110 valence electrons. The van der Waals surface area contributed by atoms with Gasteiger partial charge in [0.2, 0.25) is 0 Å². The fraction of sp³-hybridized carbons (Fsp3) is 0.200. The summed E-state index contributed by atoms with van der Waals surface area (Å²) in [5, 5.41) is 11.5. The standard InChI is InChI=1S/C15H15ClN2O3/c1-10(17)13-8-12(16)6-7-15(13)21-9-11-4-2-3-5-14(11)18(19)20/h2-8,10H,9,17H2,1H3/t10-/m0/s1. The molecule has 0 spiro atoms. The maximum atomic E-state index is 11.0. The average molecular weight is 307 g/mol. The van der Waals surface area contributed by atoms with Gasteiger partial charge < -0.3 is 10.5 Å². The topological polar surface area (TPSA) is 78.4 Å². The Bertz CT molecular complexity index is 659. The molecule has 0 aliphatic heterocycles. The quantitative estimate of drug-likeness (QED) is 0.672. The number of rotatable bonds is 5. The monoisotopic (exact) mass is 306 g/mol. The van der Waals surface area contributed by atoms with E-state index < -0.39 is 4.92 Å². The Morgan fingerprint density at radius 1 is 1.33 bits per heavy atom. The van der Waals surface area contributed by atoms with Crippen LogP contribution in [0.2, 0.25) is 5.02 Å². The van der Waals surface area contributed by atoms with Gasteiger partial charge in [-0.2, -0.15) is 0 Å². The van der Waals surface area contributed by atoms with E-state index in [1.807, 2.05) is 6.92 Å². The minimum atomic E-state index is -0.424. The van der Waals surface area contributed by atoms with Crippen LogP contribution in [0.3, 0.4) is 0 Å². The Morgan fingerprint density at radius 2 is 2.05 bits per heavy atom. The molecular weight excluding hydrogens is 292 g/mol. The molecule has 1 atom stereocenters. The molecule has 5 nitrogen and oxygen atoms in total. The third-order valence-corrected chi connectivity index (χ3v) is 3.27. The fourth-order valence-corrected chi connectivity index (χ4v) is 2.15. The highest BCUT2D eigenvalue weighted by atomic mass is 35.5. The Morgan fingerprint density at radius 3 is 2.71 bits per heavy atom. The first kappa shape index (κ1) is 15.3. The Kier molecular flexibility index (Phi) is 4.77. The van der Waals surface area contributed by atoms with Crippen LogP contribution < -0.4 is 10.5 Å². The van der Waals surface area contributed by atoms with Crippen LogP contribution >= 0.6 is 11.6 Å².